The van der Waals surface area contributed by atoms with Crippen molar-refractivity contribution in [1.29, 1.82) is 0 Å². The van der Waals surface area contributed by atoms with E-state index in [2.05, 4.69) is 6.08 Å². The normalized spacial score (nSPS) is 31.5. The molecule has 0 unspecified atom stereocenters. The molecule has 3 rings (SSSR count). The van der Waals surface area contributed by atoms with Gasteiger partial charge in [-0.1, -0.05) is 23.7 Å². The lowest BCUT2D eigenvalue weighted by Gasteiger charge is -2.37. The molecule has 0 spiro atoms. The van der Waals surface area contributed by atoms with Gasteiger partial charge in [0.05, 0.1) is 0 Å². The van der Waals surface area contributed by atoms with E-state index in [-0.39, 0.29) is 5.92 Å². The van der Waals surface area contributed by atoms with Gasteiger partial charge in [-0.3, -0.25) is 0 Å². The van der Waals surface area contributed by atoms with Crippen LogP contribution in [-0.4, -0.2) is 0 Å². The fraction of sp³-hybridized carbons (Fsp3) is 0.600. The Morgan fingerprint density at radius 1 is 0.792 bits per heavy atom. The Kier molecular flexibility index (Phi) is 5.91. The molecule has 0 atom stereocenters. The lowest BCUT2D eigenvalue weighted by Crippen LogP contribution is -2.25. The average molecular weight is 357 g/mol. The van der Waals surface area contributed by atoms with Crippen molar-refractivity contribution in [1.82, 2.24) is 0 Å². The van der Waals surface area contributed by atoms with Crippen molar-refractivity contribution in [3.63, 3.8) is 0 Å². The summed E-state index contributed by atoms with van der Waals surface area (Å²) in [6.45, 7) is 0. The second-order valence-electron chi connectivity index (χ2n) is 7.37. The van der Waals surface area contributed by atoms with Crippen LogP contribution in [0.3, 0.4) is 0 Å². The van der Waals surface area contributed by atoms with E-state index in [1.165, 1.54) is 31.7 Å². The number of hydrogen-bond acceptors (Lipinski definition) is 0. The van der Waals surface area contributed by atoms with Gasteiger partial charge in [0.2, 0.25) is 0 Å². The molecule has 0 bridgehead atoms. The molecule has 2 aliphatic carbocycles. The van der Waals surface area contributed by atoms with Gasteiger partial charge in [0, 0.05) is 5.54 Å². The molecular formula is C20H24ClF3. The number of hydrogen-bond donors (Lipinski definition) is 0. The van der Waals surface area contributed by atoms with E-state index in [1.54, 1.807) is 5.54 Å². The van der Waals surface area contributed by atoms with E-state index in [4.69, 9.17) is 11.6 Å². The number of rotatable bonds is 3. The van der Waals surface area contributed by atoms with E-state index in [1.807, 2.05) is 0 Å². The van der Waals surface area contributed by atoms with Crippen LogP contribution in [0.15, 0.2) is 23.7 Å². The van der Waals surface area contributed by atoms with Gasteiger partial charge in [0.25, 0.3) is 0 Å². The van der Waals surface area contributed by atoms with Gasteiger partial charge in [-0.2, -0.15) is 0 Å². The van der Waals surface area contributed by atoms with E-state index >= 15 is 0 Å². The van der Waals surface area contributed by atoms with Gasteiger partial charge in [-0.05, 0) is 86.7 Å². The number of allylic oxidation sites excluding steroid dienone is 1. The van der Waals surface area contributed by atoms with Gasteiger partial charge < -0.3 is 0 Å². The first-order valence-corrected chi connectivity index (χ1v) is 9.44. The molecule has 2 aliphatic rings. The van der Waals surface area contributed by atoms with E-state index in [9.17, 15) is 13.2 Å². The number of halogens is 4. The molecular weight excluding hydrogens is 333 g/mol. The van der Waals surface area contributed by atoms with E-state index in [0.717, 1.165) is 37.7 Å². The first-order chi connectivity index (χ1) is 11.6. The maximum atomic E-state index is 14.0. The third kappa shape index (κ3) is 3.82. The molecule has 0 N–H and O–H groups in total. The minimum absolute atomic E-state index is 0.0203. The molecule has 0 nitrogen and oxygen atoms in total. The molecule has 1 aromatic carbocycles. The lowest BCUT2D eigenvalue weighted by atomic mass is 9.68. The zero-order chi connectivity index (χ0) is 17.1. The second-order valence-corrected chi connectivity index (χ2v) is 7.62. The molecule has 24 heavy (non-hydrogen) atoms. The predicted molar refractivity (Wildman–Crippen MR) is 91.5 cm³/mol. The second kappa shape index (κ2) is 7.95. The van der Waals surface area contributed by atoms with Crippen LogP contribution in [0.1, 0.15) is 62.8 Å². The third-order valence-corrected chi connectivity index (χ3v) is 6.25. The molecule has 0 amide bonds. The van der Waals surface area contributed by atoms with Gasteiger partial charge >= 0.3 is 0 Å². The lowest BCUT2D eigenvalue weighted by molar-refractivity contribution is 0.170. The molecule has 1 aromatic rings. The predicted octanol–water partition coefficient (Wildman–Crippen LogP) is 6.94. The highest BCUT2D eigenvalue weighted by Gasteiger charge is 2.32. The first kappa shape index (κ1) is 17.8. The fourth-order valence-corrected chi connectivity index (χ4v) is 4.88. The highest BCUT2D eigenvalue weighted by atomic mass is 35.5. The van der Waals surface area contributed by atoms with Crippen LogP contribution in [0.4, 0.5) is 13.2 Å². The van der Waals surface area contributed by atoms with Crippen molar-refractivity contribution in [2.24, 2.45) is 17.8 Å². The van der Waals surface area contributed by atoms with Gasteiger partial charge in [-0.15, -0.1) is 0 Å². The molecule has 0 saturated heterocycles. The van der Waals surface area contributed by atoms with Crippen LogP contribution in [0.2, 0.25) is 0 Å². The Bertz CT molecular complexity index is 583. The van der Waals surface area contributed by atoms with Crippen LogP contribution in [0, 0.1) is 35.2 Å². The van der Waals surface area contributed by atoms with E-state index < -0.39 is 17.5 Å². The van der Waals surface area contributed by atoms with Crippen LogP contribution < -0.4 is 0 Å². The SMILES string of the molecule is Fc1ccc(C2CCC(C3CCC(C=CCl)CC3)CC2)c(F)c1F. The Labute approximate surface area is 147 Å². The maximum Gasteiger partial charge on any atom is 0.194 e. The zero-order valence-corrected chi connectivity index (χ0v) is 14.5. The standard InChI is InChI=1S/C20H24ClF3/c21-12-11-13-1-3-14(4-2-13)15-5-7-16(8-6-15)17-9-10-18(22)20(24)19(17)23/h9-16H,1-8H2. The summed E-state index contributed by atoms with van der Waals surface area (Å²) in [6, 6.07) is 2.47. The molecule has 2 fully saturated rings. The average Bonchev–Trinajstić information content (AvgIpc) is 2.61. The molecule has 2 saturated carbocycles. The summed E-state index contributed by atoms with van der Waals surface area (Å²) >= 11 is 5.67. The summed E-state index contributed by atoms with van der Waals surface area (Å²) in [5, 5.41) is 0. The monoisotopic (exact) mass is 356 g/mol. The summed E-state index contributed by atoms with van der Waals surface area (Å²) in [6.07, 6.45) is 10.8. The van der Waals surface area contributed by atoms with Gasteiger partial charge in [0.1, 0.15) is 0 Å². The first-order valence-electron chi connectivity index (χ1n) is 9.00. The molecule has 0 aromatic heterocycles. The summed E-state index contributed by atoms with van der Waals surface area (Å²) in [5.74, 6) is -1.35. The smallest absolute Gasteiger partial charge is 0.194 e. The van der Waals surface area contributed by atoms with Gasteiger partial charge in [-0.25, -0.2) is 13.2 Å². The van der Waals surface area contributed by atoms with Crippen LogP contribution in [0.5, 0.6) is 0 Å². The molecule has 0 heterocycles. The Morgan fingerprint density at radius 3 is 1.96 bits per heavy atom. The molecule has 0 aliphatic heterocycles. The summed E-state index contributed by atoms with van der Waals surface area (Å²) < 4.78 is 40.5. The van der Waals surface area contributed by atoms with Crippen molar-refractivity contribution in [2.45, 2.75) is 57.3 Å². The largest absolute Gasteiger partial charge is 0.204 e. The number of benzene rings is 1. The minimum Gasteiger partial charge on any atom is -0.204 e. The quantitative estimate of drug-likeness (QED) is 0.515. The van der Waals surface area contributed by atoms with Crippen LogP contribution in [0.25, 0.3) is 0 Å². The summed E-state index contributed by atoms with van der Waals surface area (Å²) in [5.41, 5.74) is 1.98. The molecule has 4 heteroatoms. The molecule has 132 valence electrons. The topological polar surface area (TPSA) is 0 Å². The van der Waals surface area contributed by atoms with Crippen molar-refractivity contribution in [3.8, 4) is 0 Å². The Balaban J connectivity index is 1.56. The van der Waals surface area contributed by atoms with Crippen LogP contribution >= 0.6 is 11.6 Å². The van der Waals surface area contributed by atoms with Gasteiger partial charge in [0.15, 0.2) is 17.5 Å². The minimum atomic E-state index is -1.33. The zero-order valence-electron chi connectivity index (χ0n) is 13.8. The molecule has 0 radical (unpaired) electrons. The maximum absolute atomic E-state index is 14.0. The van der Waals surface area contributed by atoms with Crippen molar-refractivity contribution in [3.05, 3.63) is 46.8 Å². The summed E-state index contributed by atoms with van der Waals surface area (Å²) in [4.78, 5) is 0. The Morgan fingerprint density at radius 2 is 1.38 bits per heavy atom. The third-order valence-electron chi connectivity index (χ3n) is 6.10. The highest BCUT2D eigenvalue weighted by molar-refractivity contribution is 6.25. The highest BCUT2D eigenvalue weighted by Crippen LogP contribution is 2.44. The Hall–Kier alpha value is -0.960. The fourth-order valence-electron chi connectivity index (χ4n) is 4.67. The van der Waals surface area contributed by atoms with E-state index in [0.29, 0.717) is 17.4 Å². The summed E-state index contributed by atoms with van der Waals surface area (Å²) in [7, 11) is 0. The van der Waals surface area contributed by atoms with Crippen LogP contribution in [-0.2, 0) is 0 Å². The van der Waals surface area contributed by atoms with Crippen molar-refractivity contribution >= 4 is 11.6 Å². The van der Waals surface area contributed by atoms with Crippen molar-refractivity contribution < 1.29 is 13.2 Å². The van der Waals surface area contributed by atoms with Crippen molar-refractivity contribution in [2.75, 3.05) is 0 Å².